The number of carbonyl (C=O) groups excluding carboxylic acids is 1. The molecule has 1 aromatic heterocycles. The van der Waals surface area contributed by atoms with Crippen molar-refractivity contribution in [3.8, 4) is 11.3 Å². The lowest BCUT2D eigenvalue weighted by Crippen LogP contribution is -2.13. The lowest BCUT2D eigenvalue weighted by molar-refractivity contribution is -0.161. The lowest BCUT2D eigenvalue weighted by atomic mass is 10.1. The molecule has 0 aliphatic rings. The Morgan fingerprint density at radius 3 is 2.40 bits per heavy atom. The van der Waals surface area contributed by atoms with E-state index in [0.717, 1.165) is 18.4 Å². The number of rotatable bonds is 2. The van der Waals surface area contributed by atoms with Crippen LogP contribution < -0.4 is 5.73 Å². The SMILES string of the molecule is COC(=O)C(=O)O.NCc1cc(-c2ccccc2)no1. The molecule has 0 spiro atoms. The fraction of sp³-hybridized carbons (Fsp3) is 0.154. The predicted octanol–water partition coefficient (Wildman–Crippen LogP) is 1.04. The molecule has 0 aliphatic heterocycles. The van der Waals surface area contributed by atoms with Gasteiger partial charge in [0.15, 0.2) is 5.76 Å². The molecule has 1 heterocycles. The standard InChI is InChI=1S/C10H10N2O.C3H4O4/c11-7-9-6-10(12-13-9)8-4-2-1-3-5-8;1-7-3(6)2(4)5/h1-6H,7,11H2;1H3,(H,4,5). The van der Waals surface area contributed by atoms with Gasteiger partial charge >= 0.3 is 11.9 Å². The van der Waals surface area contributed by atoms with Gasteiger partial charge in [-0.1, -0.05) is 35.5 Å². The average molecular weight is 278 g/mol. The van der Waals surface area contributed by atoms with Crippen molar-refractivity contribution in [3.05, 3.63) is 42.2 Å². The summed E-state index contributed by atoms with van der Waals surface area (Å²) in [6.45, 7) is 0.389. The number of benzene rings is 1. The molecule has 2 aromatic rings. The van der Waals surface area contributed by atoms with Gasteiger partial charge in [-0.3, -0.25) is 0 Å². The smallest absolute Gasteiger partial charge is 0.417 e. The third-order valence-electron chi connectivity index (χ3n) is 2.19. The molecule has 0 saturated heterocycles. The normalized spacial score (nSPS) is 9.30. The second-order valence-electron chi connectivity index (χ2n) is 3.55. The Morgan fingerprint density at radius 2 is 2.00 bits per heavy atom. The molecule has 0 radical (unpaired) electrons. The molecule has 7 heteroatoms. The maximum Gasteiger partial charge on any atom is 0.417 e. The summed E-state index contributed by atoms with van der Waals surface area (Å²) in [5.41, 5.74) is 7.29. The summed E-state index contributed by atoms with van der Waals surface area (Å²) in [4.78, 5) is 19.1. The molecule has 106 valence electrons. The molecule has 0 atom stereocenters. The molecule has 20 heavy (non-hydrogen) atoms. The number of carbonyl (C=O) groups is 2. The Hall–Kier alpha value is -2.67. The summed E-state index contributed by atoms with van der Waals surface area (Å²) in [5.74, 6) is -2.10. The molecule has 0 amide bonds. The molecule has 3 N–H and O–H groups in total. The number of ether oxygens (including phenoxy) is 1. The van der Waals surface area contributed by atoms with Gasteiger partial charge in [-0.05, 0) is 0 Å². The zero-order valence-electron chi connectivity index (χ0n) is 10.8. The van der Waals surface area contributed by atoms with Crippen molar-refractivity contribution < 1.29 is 24.0 Å². The van der Waals surface area contributed by atoms with E-state index in [9.17, 15) is 9.59 Å². The zero-order valence-corrected chi connectivity index (χ0v) is 10.8. The molecule has 0 aliphatic carbocycles. The largest absolute Gasteiger partial charge is 0.473 e. The molecule has 2 rings (SSSR count). The topological polar surface area (TPSA) is 116 Å². The van der Waals surface area contributed by atoms with Crippen LogP contribution in [0.1, 0.15) is 5.76 Å². The average Bonchev–Trinajstić information content (AvgIpc) is 2.97. The molecule has 0 saturated carbocycles. The minimum Gasteiger partial charge on any atom is -0.473 e. The molecular weight excluding hydrogens is 264 g/mol. The second kappa shape index (κ2) is 7.70. The van der Waals surface area contributed by atoms with E-state index in [4.69, 9.17) is 15.4 Å². The number of aromatic nitrogens is 1. The Balaban J connectivity index is 0.000000246. The van der Waals surface area contributed by atoms with E-state index in [0.29, 0.717) is 12.3 Å². The molecule has 1 aromatic carbocycles. The lowest BCUT2D eigenvalue weighted by Gasteiger charge is -1.91. The van der Waals surface area contributed by atoms with Crippen LogP contribution in [0.4, 0.5) is 0 Å². The minimum absolute atomic E-state index is 0.389. The highest BCUT2D eigenvalue weighted by Crippen LogP contribution is 2.17. The van der Waals surface area contributed by atoms with Crippen molar-refractivity contribution >= 4 is 11.9 Å². The highest BCUT2D eigenvalue weighted by molar-refractivity contribution is 6.28. The summed E-state index contributed by atoms with van der Waals surface area (Å²) < 4.78 is 8.77. The first-order valence-electron chi connectivity index (χ1n) is 5.60. The van der Waals surface area contributed by atoms with Crippen LogP contribution in [0.3, 0.4) is 0 Å². The Labute approximate surface area is 114 Å². The first-order valence-corrected chi connectivity index (χ1v) is 5.60. The van der Waals surface area contributed by atoms with Gasteiger partial charge in [-0.15, -0.1) is 0 Å². The zero-order chi connectivity index (χ0) is 15.0. The first-order chi connectivity index (χ1) is 9.58. The number of methoxy groups -OCH3 is 1. The van der Waals surface area contributed by atoms with Gasteiger partial charge in [0.1, 0.15) is 5.69 Å². The van der Waals surface area contributed by atoms with E-state index in [2.05, 4.69) is 9.89 Å². The number of carboxylic acids is 1. The van der Waals surface area contributed by atoms with E-state index in [-0.39, 0.29) is 0 Å². The molecule has 0 fully saturated rings. The summed E-state index contributed by atoms with van der Waals surface area (Å²) in [6, 6.07) is 11.7. The van der Waals surface area contributed by atoms with Crippen LogP contribution in [0.5, 0.6) is 0 Å². The molecular formula is C13H14N2O5. The maximum atomic E-state index is 9.69. The number of nitrogens with two attached hydrogens (primary N) is 1. The molecule has 0 bridgehead atoms. The summed E-state index contributed by atoms with van der Waals surface area (Å²) in [6.07, 6.45) is 0. The van der Waals surface area contributed by atoms with Gasteiger partial charge in [-0.25, -0.2) is 9.59 Å². The van der Waals surface area contributed by atoms with Gasteiger partial charge in [0.2, 0.25) is 0 Å². The second-order valence-corrected chi connectivity index (χ2v) is 3.55. The van der Waals surface area contributed by atoms with Crippen LogP contribution >= 0.6 is 0 Å². The summed E-state index contributed by atoms with van der Waals surface area (Å²) in [7, 11) is 1.01. The maximum absolute atomic E-state index is 9.69. The van der Waals surface area contributed by atoms with Gasteiger partial charge in [0.25, 0.3) is 0 Å². The predicted molar refractivity (Wildman–Crippen MR) is 69.5 cm³/mol. The van der Waals surface area contributed by atoms with E-state index in [1.165, 1.54) is 0 Å². The third-order valence-corrected chi connectivity index (χ3v) is 2.19. The van der Waals surface area contributed by atoms with Gasteiger partial charge < -0.3 is 20.1 Å². The highest BCUT2D eigenvalue weighted by Gasteiger charge is 2.08. The molecule has 0 unspecified atom stereocenters. The summed E-state index contributed by atoms with van der Waals surface area (Å²) >= 11 is 0. The van der Waals surface area contributed by atoms with Crippen LogP contribution in [0.15, 0.2) is 40.9 Å². The number of carboxylic acid groups (broad SMARTS) is 1. The monoisotopic (exact) mass is 278 g/mol. The van der Waals surface area contributed by atoms with E-state index in [1.54, 1.807) is 0 Å². The van der Waals surface area contributed by atoms with Crippen LogP contribution in [0.25, 0.3) is 11.3 Å². The number of hydrogen-bond donors (Lipinski definition) is 2. The van der Waals surface area contributed by atoms with E-state index >= 15 is 0 Å². The van der Waals surface area contributed by atoms with Crippen molar-refractivity contribution in [2.75, 3.05) is 7.11 Å². The highest BCUT2D eigenvalue weighted by atomic mass is 16.5. The summed E-state index contributed by atoms with van der Waals surface area (Å²) in [5, 5.41) is 11.6. The number of aliphatic carboxylic acids is 1. The van der Waals surface area contributed by atoms with Crippen molar-refractivity contribution in [1.82, 2.24) is 5.16 Å². The molecule has 7 nitrogen and oxygen atoms in total. The van der Waals surface area contributed by atoms with E-state index in [1.807, 2.05) is 36.4 Å². The Morgan fingerprint density at radius 1 is 1.35 bits per heavy atom. The quantitative estimate of drug-likeness (QED) is 0.622. The number of nitrogens with zero attached hydrogens (tertiary/aromatic N) is 1. The van der Waals surface area contributed by atoms with Crippen molar-refractivity contribution in [2.24, 2.45) is 5.73 Å². The fourth-order valence-corrected chi connectivity index (χ4v) is 1.24. The van der Waals surface area contributed by atoms with Crippen LogP contribution in [0, 0.1) is 0 Å². The van der Waals surface area contributed by atoms with Crippen LogP contribution in [0.2, 0.25) is 0 Å². The van der Waals surface area contributed by atoms with Gasteiger partial charge in [0, 0.05) is 11.6 Å². The Kier molecular flexibility index (Phi) is 5.92. The van der Waals surface area contributed by atoms with Crippen molar-refractivity contribution in [3.63, 3.8) is 0 Å². The van der Waals surface area contributed by atoms with Crippen LogP contribution in [-0.4, -0.2) is 29.3 Å². The Bertz CT molecular complexity index is 565. The fourth-order valence-electron chi connectivity index (χ4n) is 1.24. The van der Waals surface area contributed by atoms with Gasteiger partial charge in [-0.2, -0.15) is 0 Å². The van der Waals surface area contributed by atoms with Gasteiger partial charge in [0.05, 0.1) is 13.7 Å². The number of hydrogen-bond acceptors (Lipinski definition) is 6. The number of esters is 1. The minimum atomic E-state index is -1.57. The van der Waals surface area contributed by atoms with E-state index < -0.39 is 11.9 Å². The first kappa shape index (κ1) is 15.4. The van der Waals surface area contributed by atoms with Crippen LogP contribution in [-0.2, 0) is 20.9 Å². The third kappa shape index (κ3) is 4.54. The van der Waals surface area contributed by atoms with Crippen molar-refractivity contribution in [2.45, 2.75) is 6.54 Å². The van der Waals surface area contributed by atoms with Crippen molar-refractivity contribution in [1.29, 1.82) is 0 Å².